The Bertz CT molecular complexity index is 784. The van der Waals surface area contributed by atoms with E-state index in [0.29, 0.717) is 13.1 Å². The highest BCUT2D eigenvalue weighted by molar-refractivity contribution is 8.03. The third-order valence-corrected chi connectivity index (χ3v) is 6.18. The lowest BCUT2D eigenvalue weighted by Crippen LogP contribution is -2.49. The van der Waals surface area contributed by atoms with Gasteiger partial charge < -0.3 is 14.5 Å². The fourth-order valence-electron chi connectivity index (χ4n) is 3.51. The topological polar surface area (TPSA) is 32.8 Å². The van der Waals surface area contributed by atoms with Crippen LogP contribution < -0.4 is 0 Å². The first-order valence-corrected chi connectivity index (χ1v) is 10.9. The van der Waals surface area contributed by atoms with E-state index in [2.05, 4.69) is 49.1 Å². The number of hydrogen-bond acceptors (Lipinski definition) is 4. The smallest absolute Gasteiger partial charge is 0.410 e. The lowest BCUT2D eigenvalue weighted by molar-refractivity contribution is 0.0170. The molecule has 1 saturated heterocycles. The summed E-state index contributed by atoms with van der Waals surface area (Å²) in [6.45, 7) is 13.1. The highest BCUT2D eigenvalue weighted by Crippen LogP contribution is 2.38. The van der Waals surface area contributed by atoms with Gasteiger partial charge in [0.1, 0.15) is 5.60 Å². The maximum atomic E-state index is 12.3. The minimum Gasteiger partial charge on any atom is -0.444 e. The van der Waals surface area contributed by atoms with Crippen LogP contribution in [0.5, 0.6) is 0 Å². The molecule has 3 rings (SSSR count). The van der Waals surface area contributed by atoms with Gasteiger partial charge in [-0.1, -0.05) is 41.6 Å². The molecule has 0 saturated carbocycles. The average molecular weight is 401 g/mol. The third-order valence-electron chi connectivity index (χ3n) is 4.91. The van der Waals surface area contributed by atoms with Gasteiger partial charge in [-0.15, -0.1) is 0 Å². The van der Waals surface area contributed by atoms with E-state index in [1.807, 2.05) is 37.4 Å². The monoisotopic (exact) mass is 400 g/mol. The molecular weight excluding hydrogens is 368 g/mol. The fraction of sp³-hybridized carbons (Fsp3) is 0.522. The van der Waals surface area contributed by atoms with E-state index in [1.54, 1.807) is 0 Å². The molecular formula is C23H32N2O2S. The van der Waals surface area contributed by atoms with Crippen molar-refractivity contribution in [2.45, 2.75) is 58.0 Å². The fourth-order valence-corrected chi connectivity index (χ4v) is 4.62. The van der Waals surface area contributed by atoms with Crippen LogP contribution in [0, 0.1) is 13.8 Å². The van der Waals surface area contributed by atoms with Gasteiger partial charge in [-0.25, -0.2) is 4.79 Å². The molecule has 1 aliphatic carbocycles. The Hall–Kier alpha value is -1.88. The van der Waals surface area contributed by atoms with Gasteiger partial charge in [-0.3, -0.25) is 0 Å². The molecule has 152 valence electrons. The number of hydrogen-bond donors (Lipinski definition) is 0. The highest BCUT2D eigenvalue weighted by Gasteiger charge is 2.28. The van der Waals surface area contributed by atoms with Crippen molar-refractivity contribution in [2.75, 3.05) is 26.2 Å². The van der Waals surface area contributed by atoms with Crippen LogP contribution in [-0.2, 0) is 4.74 Å². The number of carbonyl (C=O) groups excluding carboxylic acids is 1. The van der Waals surface area contributed by atoms with Crippen molar-refractivity contribution in [3.05, 3.63) is 52.1 Å². The van der Waals surface area contributed by atoms with Crippen LogP contribution in [0.3, 0.4) is 0 Å². The van der Waals surface area contributed by atoms with E-state index in [4.69, 9.17) is 4.74 Å². The summed E-state index contributed by atoms with van der Waals surface area (Å²) < 4.78 is 5.52. The maximum absolute atomic E-state index is 12.3. The Morgan fingerprint density at radius 3 is 2.36 bits per heavy atom. The van der Waals surface area contributed by atoms with Crippen molar-refractivity contribution in [1.82, 2.24) is 9.80 Å². The first-order valence-electron chi connectivity index (χ1n) is 10.1. The van der Waals surface area contributed by atoms with Crippen molar-refractivity contribution in [3.8, 4) is 0 Å². The molecule has 0 bridgehead atoms. The van der Waals surface area contributed by atoms with E-state index in [9.17, 15) is 4.79 Å². The summed E-state index contributed by atoms with van der Waals surface area (Å²) in [5, 5.41) is 0. The Labute approximate surface area is 173 Å². The number of piperazine rings is 1. The molecule has 1 fully saturated rings. The van der Waals surface area contributed by atoms with Gasteiger partial charge in [-0.2, -0.15) is 0 Å². The molecule has 5 heteroatoms. The molecule has 0 spiro atoms. The molecule has 0 aromatic heterocycles. The summed E-state index contributed by atoms with van der Waals surface area (Å²) in [6, 6.07) is 6.65. The quantitative estimate of drug-likeness (QED) is 0.670. The number of ether oxygens (including phenoxy) is 1. The predicted molar refractivity (Wildman–Crippen MR) is 117 cm³/mol. The molecule has 1 heterocycles. The molecule has 0 radical (unpaired) electrons. The normalized spacial score (nSPS) is 17.9. The van der Waals surface area contributed by atoms with Gasteiger partial charge in [0.15, 0.2) is 0 Å². The van der Waals surface area contributed by atoms with Crippen LogP contribution in [0.25, 0.3) is 0 Å². The standard InChI is InChI=1S/C23H32N2O2S/c1-17-10-11-20(18(2)16-17)28-21-9-7-6-8-19(21)24-12-14-25(15-13-24)22(26)27-23(3,4)5/h8-11,16H,6-7,12-15H2,1-5H3. The number of carbonyl (C=O) groups is 1. The number of benzene rings is 1. The van der Waals surface area contributed by atoms with E-state index >= 15 is 0 Å². The van der Waals surface area contributed by atoms with E-state index < -0.39 is 5.60 Å². The van der Waals surface area contributed by atoms with Gasteiger partial charge in [0.2, 0.25) is 0 Å². The Balaban J connectivity index is 1.64. The molecule has 28 heavy (non-hydrogen) atoms. The van der Waals surface area contributed by atoms with E-state index in [-0.39, 0.29) is 6.09 Å². The number of thioether (sulfide) groups is 1. The van der Waals surface area contributed by atoms with Crippen molar-refractivity contribution in [3.63, 3.8) is 0 Å². The molecule has 1 aliphatic heterocycles. The van der Waals surface area contributed by atoms with Crippen LogP contribution in [0.2, 0.25) is 0 Å². The lowest BCUT2D eigenvalue weighted by atomic mass is 10.1. The van der Waals surface area contributed by atoms with Gasteiger partial charge >= 0.3 is 6.09 Å². The van der Waals surface area contributed by atoms with Gasteiger partial charge in [0.25, 0.3) is 0 Å². The molecule has 0 atom stereocenters. The summed E-state index contributed by atoms with van der Waals surface area (Å²) in [5.74, 6) is 0. The molecule has 1 amide bonds. The molecule has 1 aromatic carbocycles. The molecule has 2 aliphatic rings. The molecule has 0 unspecified atom stereocenters. The number of rotatable bonds is 3. The second-order valence-electron chi connectivity index (χ2n) is 8.56. The molecule has 4 nitrogen and oxygen atoms in total. The second kappa shape index (κ2) is 8.64. The van der Waals surface area contributed by atoms with Crippen molar-refractivity contribution in [1.29, 1.82) is 0 Å². The number of allylic oxidation sites excluding steroid dienone is 2. The second-order valence-corrected chi connectivity index (χ2v) is 9.64. The predicted octanol–water partition coefficient (Wildman–Crippen LogP) is 5.51. The average Bonchev–Trinajstić information content (AvgIpc) is 2.63. The van der Waals surface area contributed by atoms with Crippen molar-refractivity contribution in [2.24, 2.45) is 0 Å². The van der Waals surface area contributed by atoms with Crippen LogP contribution in [0.1, 0.15) is 44.7 Å². The van der Waals surface area contributed by atoms with Gasteiger partial charge in [0.05, 0.1) is 0 Å². The number of amides is 1. The highest BCUT2D eigenvalue weighted by atomic mass is 32.2. The molecule has 0 N–H and O–H groups in total. The third kappa shape index (κ3) is 5.34. The minimum atomic E-state index is -0.446. The van der Waals surface area contributed by atoms with Crippen LogP contribution >= 0.6 is 11.8 Å². The lowest BCUT2D eigenvalue weighted by Gasteiger charge is -2.39. The minimum absolute atomic E-state index is 0.204. The van der Waals surface area contributed by atoms with Crippen LogP contribution in [0.15, 0.2) is 45.8 Å². The maximum Gasteiger partial charge on any atom is 0.410 e. The van der Waals surface area contributed by atoms with Crippen molar-refractivity contribution >= 4 is 17.9 Å². The first kappa shape index (κ1) is 20.8. The summed E-state index contributed by atoms with van der Waals surface area (Å²) in [5.41, 5.74) is 3.50. The summed E-state index contributed by atoms with van der Waals surface area (Å²) in [6.07, 6.45) is 6.69. The number of aryl methyl sites for hydroxylation is 2. The number of nitrogens with zero attached hydrogens (tertiary/aromatic N) is 2. The SMILES string of the molecule is Cc1ccc(SC2=CCCC=C2N2CCN(C(=O)OC(C)(C)C)CC2)c(C)c1. The summed E-state index contributed by atoms with van der Waals surface area (Å²) >= 11 is 1.86. The van der Waals surface area contributed by atoms with E-state index in [0.717, 1.165) is 25.9 Å². The largest absolute Gasteiger partial charge is 0.444 e. The van der Waals surface area contributed by atoms with Crippen LogP contribution in [-0.4, -0.2) is 47.7 Å². The first-order chi connectivity index (χ1) is 13.2. The van der Waals surface area contributed by atoms with Crippen LogP contribution in [0.4, 0.5) is 4.79 Å². The zero-order chi connectivity index (χ0) is 20.3. The zero-order valence-corrected chi connectivity index (χ0v) is 18.6. The summed E-state index contributed by atoms with van der Waals surface area (Å²) in [7, 11) is 0. The Morgan fingerprint density at radius 1 is 1.04 bits per heavy atom. The zero-order valence-electron chi connectivity index (χ0n) is 17.7. The molecule has 1 aromatic rings. The Morgan fingerprint density at radius 2 is 1.71 bits per heavy atom. The summed E-state index contributed by atoms with van der Waals surface area (Å²) in [4.78, 5) is 19.2. The van der Waals surface area contributed by atoms with Gasteiger partial charge in [-0.05, 0) is 59.1 Å². The Kier molecular flexibility index (Phi) is 6.43. The van der Waals surface area contributed by atoms with Crippen molar-refractivity contribution < 1.29 is 9.53 Å². The van der Waals surface area contributed by atoms with Gasteiger partial charge in [0, 0.05) is 41.7 Å². The van der Waals surface area contributed by atoms with E-state index in [1.165, 1.54) is 26.6 Å².